The number of hydrogen-bond acceptors (Lipinski definition) is 0. The highest BCUT2D eigenvalue weighted by atomic mass is 15.0. The molecular weight excluding hydrogens is 808 g/mol. The number of nitrogens with zero attached hydrogens (tertiary/aromatic N) is 1. The lowest BCUT2D eigenvalue weighted by molar-refractivity contribution is 0.569. The van der Waals surface area contributed by atoms with Crippen LogP contribution in [0.5, 0.6) is 0 Å². The third-order valence-corrected chi connectivity index (χ3v) is 14.5. The number of benzene rings is 8. The maximum atomic E-state index is 4.02. The number of H-pyrrole nitrogens is 1. The number of rotatable bonds is 4. The Balaban J connectivity index is 1.29. The Bertz CT molecular complexity index is 3580. The fourth-order valence-electron chi connectivity index (χ4n) is 10.4. The van der Waals surface area contributed by atoms with Crippen molar-refractivity contribution in [2.45, 2.75) is 105 Å². The molecule has 0 atom stereocenters. The first kappa shape index (κ1) is 43.0. The van der Waals surface area contributed by atoms with Crippen LogP contribution in [0.2, 0.25) is 0 Å². The molecule has 1 N–H and O–H groups in total. The van der Waals surface area contributed by atoms with Crippen LogP contribution < -0.4 is 10.9 Å². The van der Waals surface area contributed by atoms with Gasteiger partial charge in [-0.05, 0) is 143 Å². The highest BCUT2D eigenvalue weighted by Crippen LogP contribution is 2.44. The number of nitrogens with one attached hydrogen (secondary N) is 1. The fourth-order valence-corrected chi connectivity index (χ4v) is 10.4. The highest BCUT2D eigenvalue weighted by Gasteiger charge is 2.30. The van der Waals surface area contributed by atoms with Gasteiger partial charge in [0, 0.05) is 43.8 Å². The van der Waals surface area contributed by atoms with Crippen molar-refractivity contribution >= 4 is 61.8 Å². The molecule has 10 aromatic rings. The largest absolute Gasteiger partial charge is 0.354 e. The zero-order chi connectivity index (χ0) is 46.9. The summed E-state index contributed by atoms with van der Waals surface area (Å²) in [5, 5.41) is 5.08. The summed E-state index contributed by atoms with van der Waals surface area (Å²) in [4.78, 5) is 4.02. The molecule has 0 bridgehead atoms. The van der Waals surface area contributed by atoms with Crippen LogP contribution in [0, 0.1) is 0 Å². The summed E-state index contributed by atoms with van der Waals surface area (Å²) in [7, 11) is 2.50. The smallest absolute Gasteiger partial charge is 0.197 e. The standard InChI is InChI=1S/C64H62BN2/c1-61(2,3)44-24-25-55-48(35-44)51-36-47(64(10,11)12)37-52(59(51)66-55)50-30-43(41-27-45(62(4,5)6)34-46(28-41)63(7,8)9)33-57-58(50)65-54-32-42(39-21-17-14-18-22-39)31-53-49-29-40(38-19-15-13-16-20-38)23-26-56(49)67(57)60(53)54/h13-37,66H,1-12H3. The van der Waals surface area contributed by atoms with E-state index in [1.165, 1.54) is 127 Å². The quantitative estimate of drug-likeness (QED) is 0.170. The molecule has 0 fully saturated rings. The Kier molecular flexibility index (Phi) is 9.61. The Morgan fingerprint density at radius 1 is 0.388 bits per heavy atom. The Morgan fingerprint density at radius 2 is 0.940 bits per heavy atom. The summed E-state index contributed by atoms with van der Waals surface area (Å²) < 4.78 is 2.59. The van der Waals surface area contributed by atoms with E-state index in [9.17, 15) is 0 Å². The Labute approximate surface area is 398 Å². The zero-order valence-electron chi connectivity index (χ0n) is 41.5. The zero-order valence-corrected chi connectivity index (χ0v) is 41.5. The normalized spacial score (nSPS) is 13.2. The summed E-state index contributed by atoms with van der Waals surface area (Å²) in [6.07, 6.45) is 0. The summed E-state index contributed by atoms with van der Waals surface area (Å²) >= 11 is 0. The van der Waals surface area contributed by atoms with Gasteiger partial charge < -0.3 is 9.55 Å². The minimum atomic E-state index is -0.0886. The van der Waals surface area contributed by atoms with E-state index in [-0.39, 0.29) is 21.7 Å². The minimum absolute atomic E-state index is 0.0246. The van der Waals surface area contributed by atoms with Gasteiger partial charge in [0.05, 0.1) is 11.0 Å². The van der Waals surface area contributed by atoms with E-state index < -0.39 is 0 Å². The van der Waals surface area contributed by atoms with Gasteiger partial charge in [-0.3, -0.25) is 0 Å². The van der Waals surface area contributed by atoms with E-state index in [1.807, 2.05) is 0 Å². The van der Waals surface area contributed by atoms with Crippen molar-refractivity contribution in [2.24, 2.45) is 0 Å². The Hall–Kier alpha value is -6.58. The lowest BCUT2D eigenvalue weighted by Gasteiger charge is -2.28. The molecule has 0 saturated carbocycles. The Morgan fingerprint density at radius 3 is 1.57 bits per heavy atom. The van der Waals surface area contributed by atoms with Gasteiger partial charge >= 0.3 is 0 Å². The van der Waals surface area contributed by atoms with Gasteiger partial charge in [0.2, 0.25) is 0 Å². The molecule has 0 spiro atoms. The molecule has 1 aliphatic heterocycles. The average Bonchev–Trinajstić information content (AvgIpc) is 3.83. The van der Waals surface area contributed by atoms with Crippen molar-refractivity contribution in [3.05, 3.63) is 174 Å². The third-order valence-electron chi connectivity index (χ3n) is 14.5. The third kappa shape index (κ3) is 7.34. The lowest BCUT2D eigenvalue weighted by atomic mass is 9.58. The molecule has 2 aromatic heterocycles. The molecule has 3 heterocycles. The fraction of sp³-hybridized carbons (Fsp3) is 0.250. The van der Waals surface area contributed by atoms with Gasteiger partial charge in [-0.15, -0.1) is 0 Å². The van der Waals surface area contributed by atoms with Crippen LogP contribution in [-0.4, -0.2) is 16.8 Å². The molecule has 1 radical (unpaired) electrons. The topological polar surface area (TPSA) is 20.7 Å². The van der Waals surface area contributed by atoms with Gasteiger partial charge in [-0.2, -0.15) is 0 Å². The second kappa shape index (κ2) is 15.0. The maximum Gasteiger partial charge on any atom is 0.197 e. The average molecular weight is 870 g/mol. The van der Waals surface area contributed by atoms with Gasteiger partial charge in [-0.25, -0.2) is 0 Å². The van der Waals surface area contributed by atoms with Crippen molar-refractivity contribution in [2.75, 3.05) is 0 Å². The van der Waals surface area contributed by atoms with Crippen LogP contribution in [0.4, 0.5) is 0 Å². The van der Waals surface area contributed by atoms with Crippen LogP contribution in [0.3, 0.4) is 0 Å². The molecule has 0 amide bonds. The monoisotopic (exact) mass is 870 g/mol. The van der Waals surface area contributed by atoms with Crippen LogP contribution in [0.1, 0.15) is 105 Å². The van der Waals surface area contributed by atoms with Crippen LogP contribution in [0.25, 0.3) is 93.8 Å². The second-order valence-corrected chi connectivity index (χ2v) is 23.5. The van der Waals surface area contributed by atoms with Crippen molar-refractivity contribution in [1.29, 1.82) is 0 Å². The molecular formula is C64H62BN2. The van der Waals surface area contributed by atoms with Gasteiger partial charge in [-0.1, -0.05) is 186 Å². The van der Waals surface area contributed by atoms with E-state index >= 15 is 0 Å². The van der Waals surface area contributed by atoms with Crippen LogP contribution >= 0.6 is 0 Å². The lowest BCUT2D eigenvalue weighted by Crippen LogP contribution is -2.37. The first-order valence-corrected chi connectivity index (χ1v) is 24.2. The van der Waals surface area contributed by atoms with Gasteiger partial charge in [0.1, 0.15) is 0 Å². The van der Waals surface area contributed by atoms with E-state index in [2.05, 4.69) is 252 Å². The van der Waals surface area contributed by atoms with E-state index in [1.54, 1.807) is 0 Å². The van der Waals surface area contributed by atoms with Crippen molar-refractivity contribution in [1.82, 2.24) is 9.55 Å². The number of hydrogen-bond donors (Lipinski definition) is 1. The molecule has 331 valence electrons. The number of fused-ring (bicyclic) bond motifs is 8. The molecule has 11 rings (SSSR count). The van der Waals surface area contributed by atoms with Crippen LogP contribution in [0.15, 0.2) is 152 Å². The predicted molar refractivity (Wildman–Crippen MR) is 292 cm³/mol. The van der Waals surface area contributed by atoms with Crippen molar-refractivity contribution in [3.63, 3.8) is 0 Å². The highest BCUT2D eigenvalue weighted by molar-refractivity contribution is 6.73. The minimum Gasteiger partial charge on any atom is -0.354 e. The molecule has 0 saturated heterocycles. The number of aromatic nitrogens is 2. The SMILES string of the molecule is CC(C)(C)c1cc(-c2cc(-c3cc(C(C)(C)C)cc4c3[nH]c3ccc(C(C)(C)C)cc34)c3c(c2)-n2c4ccc(-c5ccccc5)cc4c4cc(-c5ccccc5)cc(c42)[B]3)cc(C(C)(C)C)c1. The molecule has 0 unspecified atom stereocenters. The van der Waals surface area contributed by atoms with E-state index in [4.69, 9.17) is 0 Å². The molecule has 3 heteroatoms. The summed E-state index contributed by atoms with van der Waals surface area (Å²) in [6.45, 7) is 28.0. The molecule has 0 aliphatic carbocycles. The summed E-state index contributed by atoms with van der Waals surface area (Å²) in [5.74, 6) is 0. The van der Waals surface area contributed by atoms with Gasteiger partial charge in [0.25, 0.3) is 0 Å². The van der Waals surface area contributed by atoms with E-state index in [0.717, 1.165) is 0 Å². The van der Waals surface area contributed by atoms with Crippen LogP contribution in [-0.2, 0) is 21.7 Å². The molecule has 8 aromatic carbocycles. The first-order chi connectivity index (χ1) is 31.7. The predicted octanol–water partition coefficient (Wildman–Crippen LogP) is 16.2. The van der Waals surface area contributed by atoms with Crippen molar-refractivity contribution < 1.29 is 0 Å². The first-order valence-electron chi connectivity index (χ1n) is 24.2. The van der Waals surface area contributed by atoms with E-state index in [0.29, 0.717) is 0 Å². The molecule has 2 nitrogen and oxygen atoms in total. The number of aromatic amines is 1. The maximum absolute atomic E-state index is 4.02. The molecule has 1 aliphatic rings. The van der Waals surface area contributed by atoms with Gasteiger partial charge in [0.15, 0.2) is 7.28 Å². The second-order valence-electron chi connectivity index (χ2n) is 23.5. The van der Waals surface area contributed by atoms with Crippen molar-refractivity contribution in [3.8, 4) is 50.2 Å². The summed E-state index contributed by atoms with van der Waals surface area (Å²) in [5.41, 5.74) is 23.6. The summed E-state index contributed by atoms with van der Waals surface area (Å²) in [6, 6.07) is 58.0. The molecule has 67 heavy (non-hydrogen) atoms.